The van der Waals surface area contributed by atoms with Crippen LogP contribution in [0.5, 0.6) is 5.75 Å². The number of halogens is 1. The van der Waals surface area contributed by atoms with Crippen LogP contribution in [0.15, 0.2) is 46.3 Å². The second kappa shape index (κ2) is 8.78. The molecule has 0 N–H and O–H groups in total. The summed E-state index contributed by atoms with van der Waals surface area (Å²) in [7, 11) is 1.67. The van der Waals surface area contributed by atoms with Crippen molar-refractivity contribution < 1.29 is 9.47 Å². The molecule has 0 radical (unpaired) electrons. The number of methoxy groups -OCH3 is 1. The fraction of sp³-hybridized carbons (Fsp3) is 0.364. The number of hydrogen-bond donors (Lipinski definition) is 0. The van der Waals surface area contributed by atoms with E-state index in [9.17, 15) is 4.79 Å². The first-order valence-electron chi connectivity index (χ1n) is 9.63. The molecule has 29 heavy (non-hydrogen) atoms. The molecule has 152 valence electrons. The molecular weight excluding hydrogens is 408 g/mol. The van der Waals surface area contributed by atoms with E-state index >= 15 is 0 Å². The molecule has 0 saturated carbocycles. The maximum atomic E-state index is 13.2. The highest BCUT2D eigenvalue weighted by Crippen LogP contribution is 2.29. The van der Waals surface area contributed by atoms with Crippen LogP contribution in [0.3, 0.4) is 0 Å². The van der Waals surface area contributed by atoms with Gasteiger partial charge < -0.3 is 9.47 Å². The van der Waals surface area contributed by atoms with E-state index in [2.05, 4.69) is 13.0 Å². The highest BCUT2D eigenvalue weighted by atomic mass is 35.5. The molecule has 0 bridgehead atoms. The van der Waals surface area contributed by atoms with Crippen molar-refractivity contribution in [2.75, 3.05) is 13.7 Å². The Labute approximate surface area is 179 Å². The van der Waals surface area contributed by atoms with E-state index in [1.165, 1.54) is 11.8 Å². The van der Waals surface area contributed by atoms with Gasteiger partial charge in [0.15, 0.2) is 5.16 Å². The predicted octanol–water partition coefficient (Wildman–Crippen LogP) is 4.84. The minimum atomic E-state index is -0.0547. The first-order valence-corrected chi connectivity index (χ1v) is 11.0. The van der Waals surface area contributed by atoms with Gasteiger partial charge in [-0.2, -0.15) is 0 Å². The summed E-state index contributed by atoms with van der Waals surface area (Å²) in [6, 6.07) is 11.3. The molecule has 0 spiro atoms. The smallest absolute Gasteiger partial charge is 0.262 e. The van der Waals surface area contributed by atoms with Gasteiger partial charge >= 0.3 is 0 Å². The van der Waals surface area contributed by atoms with E-state index in [1.54, 1.807) is 29.9 Å². The van der Waals surface area contributed by atoms with Gasteiger partial charge in [0.2, 0.25) is 0 Å². The lowest BCUT2D eigenvalue weighted by atomic mass is 10.1. The van der Waals surface area contributed by atoms with Crippen molar-refractivity contribution in [2.45, 2.75) is 43.3 Å². The lowest BCUT2D eigenvalue weighted by Crippen LogP contribution is -2.28. The van der Waals surface area contributed by atoms with Gasteiger partial charge in [-0.15, -0.1) is 0 Å². The van der Waals surface area contributed by atoms with Gasteiger partial charge in [0, 0.05) is 22.9 Å². The highest BCUT2D eigenvalue weighted by Gasteiger charge is 2.20. The zero-order chi connectivity index (χ0) is 20.4. The van der Waals surface area contributed by atoms with Gasteiger partial charge in [-0.1, -0.05) is 41.1 Å². The molecule has 2 heterocycles. The van der Waals surface area contributed by atoms with Crippen molar-refractivity contribution >= 4 is 34.3 Å². The van der Waals surface area contributed by atoms with Crippen LogP contribution in [0, 0.1) is 6.92 Å². The molecule has 0 aliphatic carbocycles. The Morgan fingerprint density at radius 2 is 2.17 bits per heavy atom. The first-order chi connectivity index (χ1) is 14.0. The van der Waals surface area contributed by atoms with Gasteiger partial charge in [-0.25, -0.2) is 4.98 Å². The van der Waals surface area contributed by atoms with E-state index in [0.29, 0.717) is 33.4 Å². The number of benzene rings is 2. The largest absolute Gasteiger partial charge is 0.496 e. The summed E-state index contributed by atoms with van der Waals surface area (Å²) in [5, 5.41) is 1.81. The molecule has 4 rings (SSSR count). The molecule has 5 nitrogen and oxygen atoms in total. The van der Waals surface area contributed by atoms with Gasteiger partial charge in [0.05, 0.1) is 30.7 Å². The van der Waals surface area contributed by atoms with Crippen molar-refractivity contribution in [3.8, 4) is 5.75 Å². The van der Waals surface area contributed by atoms with Gasteiger partial charge in [0.25, 0.3) is 5.56 Å². The Bertz CT molecular complexity index is 1090. The lowest BCUT2D eigenvalue weighted by molar-refractivity contribution is 0.0937. The summed E-state index contributed by atoms with van der Waals surface area (Å²) >= 11 is 7.67. The summed E-state index contributed by atoms with van der Waals surface area (Å²) in [6.07, 6.45) is 2.03. The highest BCUT2D eigenvalue weighted by molar-refractivity contribution is 7.98. The summed E-state index contributed by atoms with van der Waals surface area (Å²) in [4.78, 5) is 18.0. The number of fused-ring (bicyclic) bond motifs is 1. The van der Waals surface area contributed by atoms with Crippen LogP contribution in [-0.2, 0) is 17.0 Å². The number of hydrogen-bond acceptors (Lipinski definition) is 5. The van der Waals surface area contributed by atoms with Crippen molar-refractivity contribution in [3.05, 3.63) is 62.9 Å². The van der Waals surface area contributed by atoms with Crippen molar-refractivity contribution in [1.29, 1.82) is 0 Å². The fourth-order valence-electron chi connectivity index (χ4n) is 3.60. The molecule has 1 atom stereocenters. The van der Waals surface area contributed by atoms with Crippen molar-refractivity contribution in [3.63, 3.8) is 0 Å². The van der Waals surface area contributed by atoms with Crippen molar-refractivity contribution in [1.82, 2.24) is 9.55 Å². The third kappa shape index (κ3) is 4.44. The SMILES string of the molecule is COc1ccc(C)cc1CSc1nc2cc(Cl)ccc2c(=O)n1C[C@H]1CCCO1. The molecule has 1 fully saturated rings. The second-order valence-corrected chi connectivity index (χ2v) is 8.59. The topological polar surface area (TPSA) is 53.3 Å². The number of rotatable bonds is 6. The number of aromatic nitrogens is 2. The molecule has 0 amide bonds. The zero-order valence-corrected chi connectivity index (χ0v) is 18.1. The third-order valence-electron chi connectivity index (χ3n) is 5.09. The average Bonchev–Trinajstić information content (AvgIpc) is 3.22. The number of aryl methyl sites for hydroxylation is 1. The second-order valence-electron chi connectivity index (χ2n) is 7.21. The number of thioether (sulfide) groups is 1. The standard InChI is InChI=1S/C22H23ClN2O3S/c1-14-5-8-20(27-2)15(10-14)13-29-22-24-19-11-16(23)6-7-18(19)21(26)25(22)12-17-4-3-9-28-17/h5-8,10-11,17H,3-4,9,12-13H2,1-2H3/t17-/m1/s1. The van der Waals surface area contributed by atoms with E-state index in [0.717, 1.165) is 36.3 Å². The summed E-state index contributed by atoms with van der Waals surface area (Å²) in [5.74, 6) is 1.48. The minimum absolute atomic E-state index is 0.0482. The van der Waals surface area contributed by atoms with Crippen LogP contribution in [0.1, 0.15) is 24.0 Å². The molecule has 1 aromatic heterocycles. The Morgan fingerprint density at radius 1 is 1.31 bits per heavy atom. The van der Waals surface area contributed by atoms with Gasteiger partial charge in [-0.05, 0) is 44.0 Å². The molecular formula is C22H23ClN2O3S. The molecule has 0 unspecified atom stereocenters. The summed E-state index contributed by atoms with van der Waals surface area (Å²) in [6.45, 7) is 3.31. The van der Waals surface area contributed by atoms with Gasteiger partial charge in [0.1, 0.15) is 5.75 Å². The Balaban J connectivity index is 1.73. The minimum Gasteiger partial charge on any atom is -0.496 e. The fourth-order valence-corrected chi connectivity index (χ4v) is 4.75. The number of ether oxygens (including phenoxy) is 2. The Kier molecular flexibility index (Phi) is 6.13. The van der Waals surface area contributed by atoms with E-state index in [1.807, 2.05) is 12.1 Å². The van der Waals surface area contributed by atoms with Crippen LogP contribution in [0.2, 0.25) is 5.02 Å². The molecule has 1 aliphatic heterocycles. The van der Waals surface area contributed by atoms with Crippen LogP contribution < -0.4 is 10.3 Å². The molecule has 1 saturated heterocycles. The zero-order valence-electron chi connectivity index (χ0n) is 16.5. The van der Waals surface area contributed by atoms with E-state index < -0.39 is 0 Å². The Hall–Kier alpha value is -2.02. The first kappa shape index (κ1) is 20.3. The number of nitrogens with zero attached hydrogens (tertiary/aromatic N) is 2. The molecule has 7 heteroatoms. The quantitative estimate of drug-likeness (QED) is 0.413. The van der Waals surface area contributed by atoms with Crippen LogP contribution >= 0.6 is 23.4 Å². The summed E-state index contributed by atoms with van der Waals surface area (Å²) in [5.41, 5.74) is 2.80. The third-order valence-corrected chi connectivity index (χ3v) is 6.35. The maximum absolute atomic E-state index is 13.2. The normalized spacial score (nSPS) is 16.4. The molecule has 1 aliphatic rings. The lowest BCUT2D eigenvalue weighted by Gasteiger charge is -2.17. The van der Waals surface area contributed by atoms with Crippen molar-refractivity contribution in [2.24, 2.45) is 0 Å². The predicted molar refractivity (Wildman–Crippen MR) is 117 cm³/mol. The average molecular weight is 431 g/mol. The van der Waals surface area contributed by atoms with Crippen LogP contribution in [-0.4, -0.2) is 29.4 Å². The maximum Gasteiger partial charge on any atom is 0.262 e. The molecule has 2 aromatic carbocycles. The van der Waals surface area contributed by atoms with E-state index in [4.69, 9.17) is 26.1 Å². The molecule has 3 aromatic rings. The summed E-state index contributed by atoms with van der Waals surface area (Å²) < 4.78 is 13.0. The monoisotopic (exact) mass is 430 g/mol. The van der Waals surface area contributed by atoms with E-state index in [-0.39, 0.29) is 11.7 Å². The van der Waals surface area contributed by atoms with Gasteiger partial charge in [-0.3, -0.25) is 9.36 Å². The van der Waals surface area contributed by atoms with Crippen LogP contribution in [0.4, 0.5) is 0 Å². The van der Waals surface area contributed by atoms with Crippen LogP contribution in [0.25, 0.3) is 10.9 Å². The Morgan fingerprint density at radius 3 is 2.93 bits per heavy atom.